The van der Waals surface area contributed by atoms with Crippen molar-refractivity contribution in [1.29, 1.82) is 0 Å². The van der Waals surface area contributed by atoms with Crippen LogP contribution in [0.5, 0.6) is 5.88 Å². The number of pyridine rings is 1. The molecular formula is C16H11F3N2O2S. The molecule has 0 spiro atoms. The Hall–Kier alpha value is -2.48. The molecule has 0 fully saturated rings. The molecule has 3 aromatic rings. The number of carbonyl (C=O) groups excluding carboxylic acids is 1. The van der Waals surface area contributed by atoms with Gasteiger partial charge in [-0.15, -0.1) is 0 Å². The van der Waals surface area contributed by atoms with E-state index >= 15 is 0 Å². The van der Waals surface area contributed by atoms with Crippen molar-refractivity contribution < 1.29 is 22.7 Å². The predicted molar refractivity (Wildman–Crippen MR) is 84.4 cm³/mol. The fourth-order valence-electron chi connectivity index (χ4n) is 2.43. The van der Waals surface area contributed by atoms with Crippen LogP contribution in [-0.2, 0) is 6.18 Å². The Bertz CT molecular complexity index is 935. The summed E-state index contributed by atoms with van der Waals surface area (Å²) in [5, 5.41) is 0.504. The van der Waals surface area contributed by atoms with Crippen LogP contribution in [0.2, 0.25) is 0 Å². The summed E-state index contributed by atoms with van der Waals surface area (Å²) in [4.78, 5) is 15.4. The molecule has 0 N–H and O–H groups in total. The lowest BCUT2D eigenvalue weighted by molar-refractivity contribution is -0.137. The van der Waals surface area contributed by atoms with Crippen molar-refractivity contribution in [3.05, 3.63) is 40.8 Å². The summed E-state index contributed by atoms with van der Waals surface area (Å²) >= 11 is 0.558. The van der Waals surface area contributed by atoms with Gasteiger partial charge in [-0.3, -0.25) is 4.79 Å². The standard InChI is InChI=1S/C16H11F3N2O2S/c1-8(22)15-13(16(17,18)19)14(21-24-15)10-4-3-5-11-9(10)6-7-12(20-11)23-2/h3-7H,1-2H3. The number of aromatic nitrogens is 2. The van der Waals surface area contributed by atoms with Crippen LogP contribution in [0.25, 0.3) is 22.2 Å². The van der Waals surface area contributed by atoms with Gasteiger partial charge < -0.3 is 4.74 Å². The minimum absolute atomic E-state index is 0.254. The summed E-state index contributed by atoms with van der Waals surface area (Å²) < 4.78 is 49.4. The number of nitrogens with zero attached hydrogens (tertiary/aromatic N) is 2. The van der Waals surface area contributed by atoms with Gasteiger partial charge in [-0.2, -0.15) is 17.5 Å². The molecule has 0 amide bonds. The highest BCUT2D eigenvalue weighted by molar-refractivity contribution is 7.08. The monoisotopic (exact) mass is 352 g/mol. The zero-order valence-corrected chi connectivity index (χ0v) is 13.5. The normalized spacial score (nSPS) is 11.7. The van der Waals surface area contributed by atoms with E-state index in [1.807, 2.05) is 0 Å². The maximum absolute atomic E-state index is 13.5. The maximum atomic E-state index is 13.5. The Morgan fingerprint density at radius 2 is 1.96 bits per heavy atom. The van der Waals surface area contributed by atoms with Gasteiger partial charge in [0.1, 0.15) is 10.4 Å². The summed E-state index contributed by atoms with van der Waals surface area (Å²) in [7, 11) is 1.46. The molecule has 0 unspecified atom stereocenters. The first-order valence-corrected chi connectivity index (χ1v) is 7.62. The molecular weight excluding hydrogens is 341 g/mol. The van der Waals surface area contributed by atoms with Crippen LogP contribution in [0.3, 0.4) is 0 Å². The van der Waals surface area contributed by atoms with Crippen molar-refractivity contribution >= 4 is 28.2 Å². The Labute approximate surface area is 139 Å². The fraction of sp³-hybridized carbons (Fsp3) is 0.188. The zero-order chi connectivity index (χ0) is 17.5. The smallest absolute Gasteiger partial charge is 0.420 e. The van der Waals surface area contributed by atoms with E-state index in [-0.39, 0.29) is 11.3 Å². The number of carbonyl (C=O) groups is 1. The number of rotatable bonds is 3. The third-order valence-corrected chi connectivity index (χ3v) is 4.41. The number of hydrogen-bond donors (Lipinski definition) is 0. The molecule has 2 aromatic heterocycles. The second kappa shape index (κ2) is 5.86. The maximum Gasteiger partial charge on any atom is 0.420 e. The Morgan fingerprint density at radius 3 is 2.58 bits per heavy atom. The summed E-state index contributed by atoms with van der Waals surface area (Å²) in [6, 6.07) is 8.00. The molecule has 0 bridgehead atoms. The molecule has 2 heterocycles. The second-order valence-corrected chi connectivity index (χ2v) is 5.79. The van der Waals surface area contributed by atoms with E-state index in [1.165, 1.54) is 13.2 Å². The lowest BCUT2D eigenvalue weighted by Crippen LogP contribution is -2.10. The van der Waals surface area contributed by atoms with Gasteiger partial charge in [0, 0.05) is 23.9 Å². The van der Waals surface area contributed by atoms with E-state index in [4.69, 9.17) is 4.74 Å². The number of ether oxygens (including phenoxy) is 1. The number of Topliss-reactive ketones (excluding diaryl/α,β-unsaturated/α-hetero) is 1. The molecule has 24 heavy (non-hydrogen) atoms. The molecule has 0 saturated heterocycles. The third kappa shape index (κ3) is 2.73. The van der Waals surface area contributed by atoms with Crippen LogP contribution in [0, 0.1) is 0 Å². The highest BCUT2D eigenvalue weighted by Crippen LogP contribution is 2.42. The lowest BCUT2D eigenvalue weighted by atomic mass is 10.0. The number of benzene rings is 1. The van der Waals surface area contributed by atoms with Gasteiger partial charge in [0.2, 0.25) is 5.88 Å². The van der Waals surface area contributed by atoms with Crippen molar-refractivity contribution in [3.8, 4) is 17.1 Å². The van der Waals surface area contributed by atoms with Crippen LogP contribution in [-0.4, -0.2) is 22.3 Å². The van der Waals surface area contributed by atoms with E-state index in [1.54, 1.807) is 24.3 Å². The lowest BCUT2D eigenvalue weighted by Gasteiger charge is -2.11. The second-order valence-electron chi connectivity index (χ2n) is 5.02. The molecule has 8 heteroatoms. The summed E-state index contributed by atoms with van der Waals surface area (Å²) in [6.07, 6.45) is -4.68. The number of hydrogen-bond acceptors (Lipinski definition) is 5. The van der Waals surface area contributed by atoms with E-state index < -0.39 is 22.4 Å². The Morgan fingerprint density at radius 1 is 1.21 bits per heavy atom. The molecule has 0 saturated carbocycles. The molecule has 0 radical (unpaired) electrons. The van der Waals surface area contributed by atoms with Crippen LogP contribution in [0.4, 0.5) is 13.2 Å². The largest absolute Gasteiger partial charge is 0.481 e. The van der Waals surface area contributed by atoms with E-state index in [0.29, 0.717) is 28.3 Å². The molecule has 0 aliphatic heterocycles. The first-order valence-electron chi connectivity index (χ1n) is 6.85. The van der Waals surface area contributed by atoms with Crippen molar-refractivity contribution in [2.45, 2.75) is 13.1 Å². The van der Waals surface area contributed by atoms with Crippen molar-refractivity contribution in [3.63, 3.8) is 0 Å². The summed E-state index contributed by atoms with van der Waals surface area (Å²) in [5.41, 5.74) is -0.491. The molecule has 4 nitrogen and oxygen atoms in total. The van der Waals surface area contributed by atoms with Crippen LogP contribution in [0.15, 0.2) is 30.3 Å². The SMILES string of the molecule is COc1ccc2c(-c3nsc(C(C)=O)c3C(F)(F)F)cccc2n1. The quantitative estimate of drug-likeness (QED) is 0.647. The van der Waals surface area contributed by atoms with Crippen LogP contribution >= 0.6 is 11.5 Å². The van der Waals surface area contributed by atoms with Gasteiger partial charge in [-0.05, 0) is 23.7 Å². The highest BCUT2D eigenvalue weighted by Gasteiger charge is 2.40. The van der Waals surface area contributed by atoms with E-state index in [9.17, 15) is 18.0 Å². The van der Waals surface area contributed by atoms with Crippen molar-refractivity contribution in [2.75, 3.05) is 7.11 Å². The summed E-state index contributed by atoms with van der Waals surface area (Å²) in [6.45, 7) is 1.10. The van der Waals surface area contributed by atoms with Gasteiger partial charge in [0.05, 0.1) is 18.3 Å². The van der Waals surface area contributed by atoms with Gasteiger partial charge >= 0.3 is 6.18 Å². The van der Waals surface area contributed by atoms with Gasteiger partial charge in [-0.25, -0.2) is 4.98 Å². The van der Waals surface area contributed by atoms with Crippen molar-refractivity contribution in [1.82, 2.24) is 9.36 Å². The van der Waals surface area contributed by atoms with Gasteiger partial charge in [0.15, 0.2) is 5.78 Å². The number of fused-ring (bicyclic) bond motifs is 1. The Kier molecular flexibility index (Phi) is 4.00. The number of halogens is 3. The summed E-state index contributed by atoms with van der Waals surface area (Å²) in [5.74, 6) is -0.301. The average molecular weight is 352 g/mol. The van der Waals surface area contributed by atoms with Gasteiger partial charge in [-0.1, -0.05) is 12.1 Å². The van der Waals surface area contributed by atoms with Crippen LogP contribution < -0.4 is 4.74 Å². The average Bonchev–Trinajstić information content (AvgIpc) is 2.99. The molecule has 0 aliphatic carbocycles. The number of ketones is 1. The molecule has 0 aliphatic rings. The van der Waals surface area contributed by atoms with Crippen molar-refractivity contribution in [2.24, 2.45) is 0 Å². The van der Waals surface area contributed by atoms with E-state index in [0.717, 1.165) is 6.92 Å². The van der Waals surface area contributed by atoms with Crippen LogP contribution in [0.1, 0.15) is 22.2 Å². The topological polar surface area (TPSA) is 52.1 Å². The third-order valence-electron chi connectivity index (χ3n) is 3.47. The first kappa shape index (κ1) is 16.4. The Balaban J connectivity index is 2.31. The first-order chi connectivity index (χ1) is 11.3. The van der Waals surface area contributed by atoms with Gasteiger partial charge in [0.25, 0.3) is 0 Å². The number of alkyl halides is 3. The zero-order valence-electron chi connectivity index (χ0n) is 12.6. The molecule has 124 valence electrons. The molecule has 1 aromatic carbocycles. The minimum atomic E-state index is -4.68. The highest BCUT2D eigenvalue weighted by atomic mass is 32.1. The minimum Gasteiger partial charge on any atom is -0.481 e. The molecule has 3 rings (SSSR count). The predicted octanol–water partition coefficient (Wildman–Crippen LogP) is 4.59. The van der Waals surface area contributed by atoms with E-state index in [2.05, 4.69) is 9.36 Å². The fourth-order valence-corrected chi connectivity index (χ4v) is 3.24. The number of methoxy groups -OCH3 is 1. The molecule has 0 atom stereocenters.